The summed E-state index contributed by atoms with van der Waals surface area (Å²) < 4.78 is 0. The summed E-state index contributed by atoms with van der Waals surface area (Å²) in [6.07, 6.45) is 0. The van der Waals surface area contributed by atoms with Gasteiger partial charge in [-0.1, -0.05) is 99.6 Å². The van der Waals surface area contributed by atoms with E-state index in [0.29, 0.717) is 0 Å². The molecule has 26 heavy (non-hydrogen) atoms. The van der Waals surface area contributed by atoms with Crippen molar-refractivity contribution >= 4 is 5.78 Å². The number of rotatable bonds is 2. The summed E-state index contributed by atoms with van der Waals surface area (Å²) in [6, 6.07) is 10.4. The molecule has 0 saturated carbocycles. The highest BCUT2D eigenvalue weighted by atomic mass is 16.1. The molecule has 0 amide bonds. The highest BCUT2D eigenvalue weighted by Gasteiger charge is 2.46. The molecule has 0 N–H and O–H groups in total. The Kier molecular flexibility index (Phi) is 5.18. The minimum absolute atomic E-state index is 0.0704. The molecule has 0 bridgehead atoms. The van der Waals surface area contributed by atoms with Crippen LogP contribution in [0.1, 0.15) is 80.7 Å². The van der Waals surface area contributed by atoms with Gasteiger partial charge in [-0.3, -0.25) is 4.79 Å². The van der Waals surface area contributed by atoms with Crippen LogP contribution in [0.2, 0.25) is 0 Å². The van der Waals surface area contributed by atoms with Crippen LogP contribution in [0.25, 0.3) is 0 Å². The maximum atomic E-state index is 13.8. The van der Waals surface area contributed by atoms with Crippen molar-refractivity contribution in [2.45, 2.75) is 75.2 Å². The number of hydrogen-bond acceptors (Lipinski definition) is 1. The van der Waals surface area contributed by atoms with E-state index < -0.39 is 0 Å². The monoisotopic (exact) mass is 352 g/mol. The molecule has 142 valence electrons. The van der Waals surface area contributed by atoms with Crippen LogP contribution in [-0.4, -0.2) is 5.78 Å². The molecule has 2 rings (SSSR count). The van der Waals surface area contributed by atoms with E-state index in [1.807, 2.05) is 6.07 Å². The first-order valence-electron chi connectivity index (χ1n) is 9.77. The van der Waals surface area contributed by atoms with E-state index in [0.717, 1.165) is 11.1 Å². The van der Waals surface area contributed by atoms with Gasteiger partial charge in [0.1, 0.15) is 0 Å². The summed E-state index contributed by atoms with van der Waals surface area (Å²) in [6.45, 7) is 22.1. The summed E-state index contributed by atoms with van der Waals surface area (Å²) in [5.74, 6) is 0.346. The standard InChI is InChI=1S/C25H36O/c1-16(17-14-12-11-13-15-17)18-19(23(2,3)4)20(24(5,6)7)21(22(18)26)25(8,9)10/h11-16H,1-10H3. The molecule has 1 aromatic carbocycles. The fraction of sp³-hybridized carbons (Fsp3) is 0.560. The van der Waals surface area contributed by atoms with Crippen molar-refractivity contribution in [3.05, 3.63) is 58.2 Å². The number of allylic oxidation sites excluding steroid dienone is 4. The van der Waals surface area contributed by atoms with Crippen LogP contribution in [0.4, 0.5) is 0 Å². The van der Waals surface area contributed by atoms with Crippen molar-refractivity contribution in [1.29, 1.82) is 0 Å². The molecule has 0 fully saturated rings. The minimum atomic E-state index is -0.172. The predicted octanol–water partition coefficient (Wildman–Crippen LogP) is 7.10. The minimum Gasteiger partial charge on any atom is -0.289 e. The fourth-order valence-corrected chi connectivity index (χ4v) is 4.19. The Labute approximate surface area is 160 Å². The Morgan fingerprint density at radius 3 is 1.46 bits per heavy atom. The molecule has 0 spiro atoms. The Balaban J connectivity index is 2.83. The lowest BCUT2D eigenvalue weighted by molar-refractivity contribution is -0.113. The van der Waals surface area contributed by atoms with E-state index in [4.69, 9.17) is 0 Å². The molecule has 0 saturated heterocycles. The van der Waals surface area contributed by atoms with E-state index in [9.17, 15) is 4.79 Å². The molecule has 1 nitrogen and oxygen atoms in total. The topological polar surface area (TPSA) is 17.1 Å². The van der Waals surface area contributed by atoms with Crippen LogP contribution in [0.3, 0.4) is 0 Å². The summed E-state index contributed by atoms with van der Waals surface area (Å²) in [7, 11) is 0. The predicted molar refractivity (Wildman–Crippen MR) is 112 cm³/mol. The first-order valence-corrected chi connectivity index (χ1v) is 9.77. The molecule has 1 aliphatic carbocycles. The molecular formula is C25H36O. The first kappa shape index (κ1) is 20.7. The van der Waals surface area contributed by atoms with Crippen molar-refractivity contribution in [2.75, 3.05) is 0 Å². The summed E-state index contributed by atoms with van der Waals surface area (Å²) in [4.78, 5) is 13.8. The highest BCUT2D eigenvalue weighted by Crippen LogP contribution is 2.54. The Bertz CT molecular complexity index is 753. The van der Waals surface area contributed by atoms with Crippen LogP contribution >= 0.6 is 0 Å². The van der Waals surface area contributed by atoms with Crippen LogP contribution in [0.15, 0.2) is 52.6 Å². The molecule has 0 radical (unpaired) electrons. The summed E-state index contributed by atoms with van der Waals surface area (Å²) >= 11 is 0. The third-order valence-electron chi connectivity index (χ3n) is 5.22. The Morgan fingerprint density at radius 1 is 0.654 bits per heavy atom. The van der Waals surface area contributed by atoms with Gasteiger partial charge >= 0.3 is 0 Å². The molecule has 0 heterocycles. The zero-order chi connectivity index (χ0) is 20.1. The van der Waals surface area contributed by atoms with Gasteiger partial charge in [0.2, 0.25) is 0 Å². The quantitative estimate of drug-likeness (QED) is 0.554. The highest BCUT2D eigenvalue weighted by molar-refractivity contribution is 6.15. The number of benzene rings is 1. The van der Waals surface area contributed by atoms with E-state index in [1.165, 1.54) is 16.7 Å². The molecule has 0 aromatic heterocycles. The van der Waals surface area contributed by atoms with Gasteiger partial charge in [-0.15, -0.1) is 0 Å². The van der Waals surface area contributed by atoms with Crippen molar-refractivity contribution < 1.29 is 4.79 Å². The zero-order valence-corrected chi connectivity index (χ0v) is 18.4. The molecule has 1 atom stereocenters. The van der Waals surface area contributed by atoms with Gasteiger partial charge in [-0.05, 0) is 33.0 Å². The summed E-state index contributed by atoms with van der Waals surface area (Å²) in [5, 5.41) is 0. The molecular weight excluding hydrogens is 316 g/mol. The van der Waals surface area contributed by atoms with Gasteiger partial charge in [-0.25, -0.2) is 0 Å². The summed E-state index contributed by atoms with van der Waals surface area (Å²) in [5.41, 5.74) is 5.42. The molecule has 1 unspecified atom stereocenters. The Hall–Kier alpha value is -1.63. The van der Waals surface area contributed by atoms with Gasteiger partial charge < -0.3 is 0 Å². The number of carbonyl (C=O) groups is 1. The van der Waals surface area contributed by atoms with Crippen LogP contribution in [-0.2, 0) is 4.79 Å². The SMILES string of the molecule is CC(C1=C(C(C)(C)C)C(C(C)(C)C)=C(C(C)(C)C)C1=O)c1ccccc1. The van der Waals surface area contributed by atoms with E-state index >= 15 is 0 Å². The fourth-order valence-electron chi connectivity index (χ4n) is 4.19. The zero-order valence-electron chi connectivity index (χ0n) is 18.4. The molecule has 1 aromatic rings. The number of Topliss-reactive ketones (excluding diaryl/α,β-unsaturated/α-hetero) is 1. The van der Waals surface area contributed by atoms with Crippen molar-refractivity contribution in [3.8, 4) is 0 Å². The average Bonchev–Trinajstić information content (AvgIpc) is 2.81. The van der Waals surface area contributed by atoms with Crippen LogP contribution < -0.4 is 0 Å². The number of carbonyl (C=O) groups excluding carboxylic acids is 1. The average molecular weight is 353 g/mol. The van der Waals surface area contributed by atoms with E-state index in [-0.39, 0.29) is 27.9 Å². The van der Waals surface area contributed by atoms with Crippen molar-refractivity contribution in [1.82, 2.24) is 0 Å². The second-order valence-electron chi connectivity index (χ2n) is 10.8. The van der Waals surface area contributed by atoms with Gasteiger partial charge in [0.05, 0.1) is 0 Å². The van der Waals surface area contributed by atoms with Crippen LogP contribution in [0, 0.1) is 16.2 Å². The van der Waals surface area contributed by atoms with Crippen molar-refractivity contribution in [2.24, 2.45) is 16.2 Å². The van der Waals surface area contributed by atoms with Gasteiger partial charge in [-0.2, -0.15) is 0 Å². The smallest absolute Gasteiger partial charge is 0.186 e. The first-order chi connectivity index (χ1) is 11.7. The lowest BCUT2D eigenvalue weighted by Crippen LogP contribution is -2.24. The van der Waals surface area contributed by atoms with Crippen LogP contribution in [0.5, 0.6) is 0 Å². The second-order valence-corrected chi connectivity index (χ2v) is 10.8. The van der Waals surface area contributed by atoms with E-state index in [2.05, 4.69) is 93.5 Å². The van der Waals surface area contributed by atoms with Gasteiger partial charge in [0, 0.05) is 17.1 Å². The molecule has 1 heteroatoms. The van der Waals surface area contributed by atoms with Gasteiger partial charge in [0.15, 0.2) is 5.78 Å². The largest absolute Gasteiger partial charge is 0.289 e. The number of hydrogen-bond donors (Lipinski definition) is 0. The normalized spacial score (nSPS) is 18.0. The Morgan fingerprint density at radius 2 is 1.08 bits per heavy atom. The molecule has 0 aliphatic heterocycles. The third kappa shape index (κ3) is 3.72. The second kappa shape index (κ2) is 6.51. The lowest BCUT2D eigenvalue weighted by Gasteiger charge is -2.35. The maximum absolute atomic E-state index is 13.8. The third-order valence-corrected chi connectivity index (χ3v) is 5.22. The van der Waals surface area contributed by atoms with E-state index in [1.54, 1.807) is 0 Å². The van der Waals surface area contributed by atoms with Gasteiger partial charge in [0.25, 0.3) is 0 Å². The lowest BCUT2D eigenvalue weighted by atomic mass is 9.69. The maximum Gasteiger partial charge on any atom is 0.186 e. The molecule has 1 aliphatic rings. The number of ketones is 1. The van der Waals surface area contributed by atoms with Crippen molar-refractivity contribution in [3.63, 3.8) is 0 Å².